The molecule has 0 saturated carbocycles. The van der Waals surface area contributed by atoms with Crippen LogP contribution in [0.5, 0.6) is 0 Å². The number of alkyl halides is 3. The SMILES string of the molecule is CC(C)=O.CC1CCN(C)[C@@H](c2nc3ccc(C#N)cc3[nH]2)C1.Cc1ccc(C(F)(F)F)nc1. The van der Waals surface area contributed by atoms with Gasteiger partial charge in [-0.05, 0) is 83.0 Å². The third-order valence-electron chi connectivity index (χ3n) is 5.28. The number of ketones is 1. The van der Waals surface area contributed by atoms with Crippen molar-refractivity contribution < 1.29 is 18.0 Å². The standard InChI is InChI=1S/C15H18N4.C7H6F3N.C3H6O/c1-10-5-6-19(2)14(7-10)15-17-12-4-3-11(9-16)8-13(12)18-15;1-5-2-3-6(11-4-5)7(8,9)10;1-3(2)4/h3-4,8,10,14H,5-7H2,1-2H3,(H,17,18);2-4H,1H3;1-2H3/t10?,14-;;/m1../s1. The normalized spacial score (nSPS) is 18.2. The third-order valence-corrected chi connectivity index (χ3v) is 5.28. The Morgan fingerprint density at radius 3 is 2.47 bits per heavy atom. The number of carbonyl (C=O) groups excluding carboxylic acids is 1. The average Bonchev–Trinajstić information content (AvgIpc) is 3.18. The smallest absolute Gasteiger partial charge is 0.341 e. The van der Waals surface area contributed by atoms with Gasteiger partial charge >= 0.3 is 6.18 Å². The van der Waals surface area contributed by atoms with Gasteiger partial charge in [-0.1, -0.05) is 13.0 Å². The number of nitrogens with one attached hydrogen (secondary N) is 1. The molecule has 4 rings (SSSR count). The van der Waals surface area contributed by atoms with Crippen molar-refractivity contribution in [1.82, 2.24) is 19.9 Å². The van der Waals surface area contributed by atoms with Crippen LogP contribution in [0.2, 0.25) is 0 Å². The Hall–Kier alpha value is -3.25. The van der Waals surface area contributed by atoms with Crippen LogP contribution in [0.3, 0.4) is 0 Å². The van der Waals surface area contributed by atoms with E-state index in [1.165, 1.54) is 32.5 Å². The Labute approximate surface area is 197 Å². The first-order chi connectivity index (χ1) is 15.9. The zero-order valence-corrected chi connectivity index (χ0v) is 20.1. The lowest BCUT2D eigenvalue weighted by Crippen LogP contribution is -2.33. The highest BCUT2D eigenvalue weighted by Gasteiger charge is 2.31. The van der Waals surface area contributed by atoms with E-state index in [0.717, 1.165) is 47.4 Å². The predicted molar refractivity (Wildman–Crippen MR) is 125 cm³/mol. The Morgan fingerprint density at radius 1 is 1.24 bits per heavy atom. The molecule has 1 saturated heterocycles. The minimum atomic E-state index is -4.33. The summed E-state index contributed by atoms with van der Waals surface area (Å²) in [6.45, 7) is 8.16. The summed E-state index contributed by atoms with van der Waals surface area (Å²) in [6, 6.07) is 10.5. The third kappa shape index (κ3) is 7.96. The van der Waals surface area contributed by atoms with Gasteiger partial charge in [0.15, 0.2) is 0 Å². The van der Waals surface area contributed by atoms with Crippen LogP contribution in [0.25, 0.3) is 11.0 Å². The van der Waals surface area contributed by atoms with Crippen LogP contribution >= 0.6 is 0 Å². The van der Waals surface area contributed by atoms with Crippen molar-refractivity contribution in [1.29, 1.82) is 5.26 Å². The number of hydrogen-bond acceptors (Lipinski definition) is 5. The van der Waals surface area contributed by atoms with Gasteiger partial charge < -0.3 is 9.78 Å². The summed E-state index contributed by atoms with van der Waals surface area (Å²) in [5.41, 5.74) is 2.45. The van der Waals surface area contributed by atoms with Crippen molar-refractivity contribution in [3.63, 3.8) is 0 Å². The van der Waals surface area contributed by atoms with E-state index in [4.69, 9.17) is 10.2 Å². The molecular formula is C25H30F3N5O. The van der Waals surface area contributed by atoms with E-state index in [0.29, 0.717) is 11.6 Å². The number of carbonyl (C=O) groups is 1. The number of likely N-dealkylation sites (tertiary alicyclic amines) is 1. The molecule has 3 heterocycles. The summed E-state index contributed by atoms with van der Waals surface area (Å²) < 4.78 is 35.6. The number of aromatic nitrogens is 3. The van der Waals surface area contributed by atoms with Crippen molar-refractivity contribution in [3.05, 3.63) is 59.2 Å². The van der Waals surface area contributed by atoms with Gasteiger partial charge in [0.1, 0.15) is 17.3 Å². The molecule has 1 fully saturated rings. The van der Waals surface area contributed by atoms with E-state index >= 15 is 0 Å². The first kappa shape index (κ1) is 27.0. The molecule has 9 heteroatoms. The molecule has 3 aromatic rings. The van der Waals surface area contributed by atoms with Crippen LogP contribution in [0.1, 0.15) is 62.3 Å². The Morgan fingerprint density at radius 2 is 1.91 bits per heavy atom. The lowest BCUT2D eigenvalue weighted by molar-refractivity contribution is -0.141. The Bertz CT molecular complexity index is 1130. The Balaban J connectivity index is 0.000000231. The zero-order valence-electron chi connectivity index (χ0n) is 20.1. The quantitative estimate of drug-likeness (QED) is 0.480. The molecule has 1 aliphatic heterocycles. The molecule has 6 nitrogen and oxygen atoms in total. The number of aryl methyl sites for hydroxylation is 1. The molecule has 2 atom stereocenters. The van der Waals surface area contributed by atoms with E-state index in [1.807, 2.05) is 18.2 Å². The summed E-state index contributed by atoms with van der Waals surface area (Å²) in [4.78, 5) is 23.1. The van der Waals surface area contributed by atoms with E-state index in [-0.39, 0.29) is 5.78 Å². The van der Waals surface area contributed by atoms with Gasteiger partial charge in [0.2, 0.25) is 0 Å². The molecule has 34 heavy (non-hydrogen) atoms. The van der Waals surface area contributed by atoms with Crippen LogP contribution in [-0.4, -0.2) is 39.2 Å². The molecule has 1 unspecified atom stereocenters. The van der Waals surface area contributed by atoms with Crippen molar-refractivity contribution in [3.8, 4) is 6.07 Å². The fourth-order valence-electron chi connectivity index (χ4n) is 3.47. The van der Waals surface area contributed by atoms with E-state index in [1.54, 1.807) is 6.92 Å². The zero-order chi connectivity index (χ0) is 25.5. The highest BCUT2D eigenvalue weighted by molar-refractivity contribution is 5.76. The summed E-state index contributed by atoms with van der Waals surface area (Å²) >= 11 is 0. The number of aromatic amines is 1. The second kappa shape index (κ2) is 11.7. The number of hydrogen-bond donors (Lipinski definition) is 1. The monoisotopic (exact) mass is 473 g/mol. The number of Topliss-reactive ketones (excluding diaryl/α,β-unsaturated/α-hetero) is 1. The number of nitrogens with zero attached hydrogens (tertiary/aromatic N) is 4. The number of pyridine rings is 1. The highest BCUT2D eigenvalue weighted by Crippen LogP contribution is 2.32. The van der Waals surface area contributed by atoms with Crippen LogP contribution in [0.4, 0.5) is 13.2 Å². The maximum absolute atomic E-state index is 11.9. The molecular weight excluding hydrogens is 443 g/mol. The van der Waals surface area contributed by atoms with Crippen molar-refractivity contribution in [2.75, 3.05) is 13.6 Å². The van der Waals surface area contributed by atoms with Gasteiger partial charge in [0.05, 0.1) is 28.7 Å². The van der Waals surface area contributed by atoms with Crippen molar-refractivity contribution in [2.24, 2.45) is 5.92 Å². The van der Waals surface area contributed by atoms with Gasteiger partial charge in [0.25, 0.3) is 0 Å². The largest absolute Gasteiger partial charge is 0.433 e. The molecule has 0 aliphatic carbocycles. The first-order valence-electron chi connectivity index (χ1n) is 11.0. The molecule has 2 aromatic heterocycles. The maximum atomic E-state index is 11.9. The Kier molecular flexibility index (Phi) is 9.33. The van der Waals surface area contributed by atoms with Gasteiger partial charge in [-0.15, -0.1) is 0 Å². The van der Waals surface area contributed by atoms with Crippen LogP contribution in [-0.2, 0) is 11.0 Å². The van der Waals surface area contributed by atoms with Gasteiger partial charge in [-0.3, -0.25) is 9.88 Å². The fraction of sp³-hybridized carbons (Fsp3) is 0.440. The van der Waals surface area contributed by atoms with E-state index in [2.05, 4.69) is 34.9 Å². The molecule has 0 spiro atoms. The van der Waals surface area contributed by atoms with Crippen molar-refractivity contribution in [2.45, 2.75) is 52.8 Å². The number of nitriles is 1. The minimum Gasteiger partial charge on any atom is -0.341 e. The van der Waals surface area contributed by atoms with Crippen LogP contribution < -0.4 is 0 Å². The summed E-state index contributed by atoms with van der Waals surface area (Å²) in [5.74, 6) is 1.93. The summed E-state index contributed by atoms with van der Waals surface area (Å²) in [6.07, 6.45) is -0.732. The first-order valence-corrected chi connectivity index (χ1v) is 11.0. The summed E-state index contributed by atoms with van der Waals surface area (Å²) in [5, 5.41) is 8.94. The molecule has 182 valence electrons. The number of H-pyrrole nitrogens is 1. The molecule has 1 aliphatic rings. The summed E-state index contributed by atoms with van der Waals surface area (Å²) in [7, 11) is 2.16. The van der Waals surface area contributed by atoms with Crippen LogP contribution in [0.15, 0.2) is 36.5 Å². The molecule has 1 aromatic carbocycles. The lowest BCUT2D eigenvalue weighted by atomic mass is 9.92. The number of fused-ring (bicyclic) bond motifs is 1. The molecule has 1 N–H and O–H groups in total. The number of piperidine rings is 1. The molecule has 0 radical (unpaired) electrons. The second-order valence-corrected chi connectivity index (χ2v) is 8.72. The lowest BCUT2D eigenvalue weighted by Gasteiger charge is -2.34. The minimum absolute atomic E-state index is 0.167. The van der Waals surface area contributed by atoms with E-state index < -0.39 is 11.9 Å². The topological polar surface area (TPSA) is 85.7 Å². The molecule has 0 bridgehead atoms. The maximum Gasteiger partial charge on any atom is 0.433 e. The highest BCUT2D eigenvalue weighted by atomic mass is 19.4. The number of halogens is 3. The van der Waals surface area contributed by atoms with Gasteiger partial charge in [-0.2, -0.15) is 18.4 Å². The second-order valence-electron chi connectivity index (χ2n) is 8.72. The molecule has 0 amide bonds. The number of benzene rings is 1. The van der Waals surface area contributed by atoms with Gasteiger partial charge in [-0.25, -0.2) is 4.98 Å². The number of rotatable bonds is 1. The van der Waals surface area contributed by atoms with Gasteiger partial charge in [0, 0.05) is 6.20 Å². The predicted octanol–water partition coefficient (Wildman–Crippen LogP) is 5.84. The van der Waals surface area contributed by atoms with Crippen LogP contribution in [0, 0.1) is 24.2 Å². The fourth-order valence-corrected chi connectivity index (χ4v) is 3.47. The van der Waals surface area contributed by atoms with E-state index in [9.17, 15) is 18.0 Å². The van der Waals surface area contributed by atoms with Crippen molar-refractivity contribution >= 4 is 16.8 Å². The number of imidazole rings is 1. The average molecular weight is 474 g/mol.